The lowest BCUT2D eigenvalue weighted by Crippen LogP contribution is -2.54. The average Bonchev–Trinajstić information content (AvgIpc) is 2.94. The van der Waals surface area contributed by atoms with Gasteiger partial charge in [0.25, 0.3) is 21.8 Å². The number of carbonyl (C=O) groups is 4. The first-order valence-corrected chi connectivity index (χ1v) is 10.7. The van der Waals surface area contributed by atoms with Crippen molar-refractivity contribution < 1.29 is 32.0 Å². The van der Waals surface area contributed by atoms with E-state index in [9.17, 15) is 32.0 Å². The summed E-state index contributed by atoms with van der Waals surface area (Å²) in [6, 6.07) is 6.00. The van der Waals surface area contributed by atoms with E-state index < -0.39 is 45.5 Å². The van der Waals surface area contributed by atoms with Crippen LogP contribution in [0.5, 0.6) is 0 Å². The quantitative estimate of drug-likeness (QED) is 0.683. The number of rotatable bonds is 4. The van der Waals surface area contributed by atoms with Crippen molar-refractivity contribution in [1.82, 2.24) is 10.2 Å². The number of nitrogens with zero attached hydrogens (tertiary/aromatic N) is 1. The molecule has 2 N–H and O–H groups in total. The molecule has 1 saturated heterocycles. The summed E-state index contributed by atoms with van der Waals surface area (Å²) in [4.78, 5) is 49.6. The third kappa shape index (κ3) is 3.56. The molecule has 1 unspecified atom stereocenters. The van der Waals surface area contributed by atoms with Crippen LogP contribution in [0.3, 0.4) is 0 Å². The Morgan fingerprint density at radius 3 is 2.42 bits per heavy atom. The minimum Gasteiger partial charge on any atom is -0.295 e. The Balaban J connectivity index is 1.62. The largest absolute Gasteiger partial charge is 0.295 e. The maximum absolute atomic E-state index is 13.4. The number of carbonyl (C=O) groups excluding carboxylic acids is 4. The van der Waals surface area contributed by atoms with Gasteiger partial charge < -0.3 is 0 Å². The molecule has 0 aromatic heterocycles. The van der Waals surface area contributed by atoms with Gasteiger partial charge in [-0.1, -0.05) is 0 Å². The summed E-state index contributed by atoms with van der Waals surface area (Å²) in [7, 11) is -4.08. The van der Waals surface area contributed by atoms with Crippen molar-refractivity contribution in [3.05, 3.63) is 58.9 Å². The molecule has 2 heterocycles. The van der Waals surface area contributed by atoms with Gasteiger partial charge in [-0.15, -0.1) is 0 Å². The maximum atomic E-state index is 13.4. The van der Waals surface area contributed by atoms with Gasteiger partial charge in [-0.05, 0) is 55.3 Å². The molecule has 2 aromatic carbocycles. The van der Waals surface area contributed by atoms with Crippen LogP contribution in [0.4, 0.5) is 10.1 Å². The van der Waals surface area contributed by atoms with E-state index in [1.165, 1.54) is 31.2 Å². The number of fused-ring (bicyclic) bond motifs is 1. The van der Waals surface area contributed by atoms with Gasteiger partial charge in [-0.3, -0.25) is 34.1 Å². The standard InChI is InChI=1S/C20H16FN3O6S/c1-10-8-12(3-5-15(10)21)31(29,30)23-11-2-4-13-14(9-11)20(28)24(19(13)27)16-6-7-17(25)22-18(16)26/h2-5,8-9,16,23H,6-7H2,1H3,(H,22,25,26). The number of anilines is 1. The highest BCUT2D eigenvalue weighted by Gasteiger charge is 2.44. The monoisotopic (exact) mass is 445 g/mol. The number of sulfonamides is 1. The Bertz CT molecular complexity index is 1270. The van der Waals surface area contributed by atoms with E-state index in [0.717, 1.165) is 17.0 Å². The molecule has 0 aliphatic carbocycles. The molecular weight excluding hydrogens is 429 g/mol. The minimum absolute atomic E-state index is 0.00799. The highest BCUT2D eigenvalue weighted by atomic mass is 32.2. The van der Waals surface area contributed by atoms with E-state index in [-0.39, 0.29) is 40.1 Å². The summed E-state index contributed by atoms with van der Waals surface area (Å²) < 4.78 is 41.0. The van der Waals surface area contributed by atoms with Gasteiger partial charge in [-0.25, -0.2) is 12.8 Å². The Morgan fingerprint density at radius 1 is 1.03 bits per heavy atom. The van der Waals surface area contributed by atoms with E-state index in [1.54, 1.807) is 0 Å². The maximum Gasteiger partial charge on any atom is 0.262 e. The molecule has 1 fully saturated rings. The summed E-state index contributed by atoms with van der Waals surface area (Å²) >= 11 is 0. The second-order valence-corrected chi connectivity index (χ2v) is 8.91. The zero-order chi connectivity index (χ0) is 22.5. The van der Waals surface area contributed by atoms with E-state index in [4.69, 9.17) is 0 Å². The smallest absolute Gasteiger partial charge is 0.262 e. The molecule has 2 aliphatic heterocycles. The van der Waals surface area contributed by atoms with Gasteiger partial charge in [0, 0.05) is 12.1 Å². The SMILES string of the molecule is Cc1cc(S(=O)(=O)Nc2ccc3c(c2)C(=O)N(C2CCC(=O)NC2=O)C3=O)ccc1F. The molecule has 4 rings (SSSR count). The fourth-order valence-electron chi connectivity index (χ4n) is 3.53. The highest BCUT2D eigenvalue weighted by Crippen LogP contribution is 2.30. The molecule has 2 aliphatic rings. The number of piperidine rings is 1. The molecule has 1 atom stereocenters. The van der Waals surface area contributed by atoms with E-state index in [0.29, 0.717) is 0 Å². The summed E-state index contributed by atoms with van der Waals surface area (Å²) in [6.07, 6.45) is 0.00544. The number of hydrogen-bond acceptors (Lipinski definition) is 6. The molecule has 0 saturated carbocycles. The Kier molecular flexibility index (Phi) is 4.85. The molecule has 160 valence electrons. The number of aryl methyl sites for hydroxylation is 1. The van der Waals surface area contributed by atoms with Crippen LogP contribution in [0.25, 0.3) is 0 Å². The van der Waals surface area contributed by atoms with Crippen LogP contribution in [0.2, 0.25) is 0 Å². The number of hydrogen-bond donors (Lipinski definition) is 2. The topological polar surface area (TPSA) is 130 Å². The van der Waals surface area contributed by atoms with Gasteiger partial charge in [-0.2, -0.15) is 0 Å². The van der Waals surface area contributed by atoms with Crippen molar-refractivity contribution >= 4 is 39.3 Å². The van der Waals surface area contributed by atoms with Gasteiger partial charge in [0.15, 0.2) is 0 Å². The molecule has 0 bridgehead atoms. The van der Waals surface area contributed by atoms with Crippen molar-refractivity contribution in [3.8, 4) is 0 Å². The number of benzene rings is 2. The van der Waals surface area contributed by atoms with Crippen LogP contribution in [-0.2, 0) is 19.6 Å². The molecule has 4 amide bonds. The number of amides is 4. The van der Waals surface area contributed by atoms with Crippen LogP contribution in [0.15, 0.2) is 41.3 Å². The zero-order valence-electron chi connectivity index (χ0n) is 16.1. The summed E-state index contributed by atoms with van der Waals surface area (Å²) in [6.45, 7) is 1.43. The van der Waals surface area contributed by atoms with Gasteiger partial charge in [0.05, 0.1) is 16.0 Å². The Labute approximate surface area is 176 Å². The predicted molar refractivity (Wildman–Crippen MR) is 105 cm³/mol. The number of halogens is 1. The lowest BCUT2D eigenvalue weighted by atomic mass is 10.0. The first kappa shape index (κ1) is 20.7. The van der Waals surface area contributed by atoms with Crippen molar-refractivity contribution in [3.63, 3.8) is 0 Å². The predicted octanol–water partition coefficient (Wildman–Crippen LogP) is 1.34. The fraction of sp³-hybridized carbons (Fsp3) is 0.200. The molecule has 2 aromatic rings. The molecule has 9 nitrogen and oxygen atoms in total. The summed E-state index contributed by atoms with van der Waals surface area (Å²) in [5.74, 6) is -3.22. The van der Waals surface area contributed by atoms with Gasteiger partial charge >= 0.3 is 0 Å². The summed E-state index contributed by atoms with van der Waals surface area (Å²) in [5, 5.41) is 2.10. The lowest BCUT2D eigenvalue weighted by molar-refractivity contribution is -0.136. The first-order valence-electron chi connectivity index (χ1n) is 9.23. The second kappa shape index (κ2) is 7.27. The molecule has 0 radical (unpaired) electrons. The molecule has 11 heteroatoms. The highest BCUT2D eigenvalue weighted by molar-refractivity contribution is 7.92. The van der Waals surface area contributed by atoms with E-state index >= 15 is 0 Å². The van der Waals surface area contributed by atoms with Crippen molar-refractivity contribution in [2.75, 3.05) is 4.72 Å². The van der Waals surface area contributed by atoms with E-state index in [2.05, 4.69) is 10.0 Å². The van der Waals surface area contributed by atoms with Gasteiger partial charge in [0.2, 0.25) is 11.8 Å². The van der Waals surface area contributed by atoms with E-state index in [1.807, 2.05) is 0 Å². The summed E-state index contributed by atoms with van der Waals surface area (Å²) in [5.41, 5.74) is 0.130. The Morgan fingerprint density at radius 2 is 1.74 bits per heavy atom. The van der Waals surface area contributed by atoms with Crippen LogP contribution >= 0.6 is 0 Å². The van der Waals surface area contributed by atoms with Crippen LogP contribution in [0, 0.1) is 12.7 Å². The third-order valence-electron chi connectivity index (χ3n) is 5.13. The normalized spacial score (nSPS) is 18.8. The second-order valence-electron chi connectivity index (χ2n) is 7.22. The van der Waals surface area contributed by atoms with Crippen LogP contribution in [0.1, 0.15) is 39.1 Å². The minimum atomic E-state index is -4.08. The average molecular weight is 445 g/mol. The lowest BCUT2D eigenvalue weighted by Gasteiger charge is -2.27. The van der Waals surface area contributed by atoms with Crippen LogP contribution in [-0.4, -0.2) is 43.0 Å². The first-order chi connectivity index (χ1) is 14.6. The third-order valence-corrected chi connectivity index (χ3v) is 6.51. The number of nitrogens with one attached hydrogen (secondary N) is 2. The van der Waals surface area contributed by atoms with Crippen LogP contribution < -0.4 is 10.0 Å². The Hall–Kier alpha value is -3.60. The fourth-order valence-corrected chi connectivity index (χ4v) is 4.67. The van der Waals surface area contributed by atoms with Crippen molar-refractivity contribution in [2.45, 2.75) is 30.7 Å². The molecule has 31 heavy (non-hydrogen) atoms. The number of imide groups is 2. The molecular formula is C20H16FN3O6S. The molecule has 0 spiro atoms. The van der Waals surface area contributed by atoms with Gasteiger partial charge in [0.1, 0.15) is 11.9 Å². The zero-order valence-corrected chi connectivity index (χ0v) is 17.0. The van der Waals surface area contributed by atoms with Crippen molar-refractivity contribution in [2.24, 2.45) is 0 Å². The van der Waals surface area contributed by atoms with Crippen molar-refractivity contribution in [1.29, 1.82) is 0 Å².